The molecule has 0 bridgehead atoms. The first-order valence-corrected chi connectivity index (χ1v) is 2.51. The molecule has 0 aromatic heterocycles. The number of carbonyl (C=O) groups excluding carboxylic acids is 1. The minimum atomic E-state index is -0.530. The summed E-state index contributed by atoms with van der Waals surface area (Å²) in [7, 11) is 0. The third kappa shape index (κ3) is 4.85. The van der Waals surface area contributed by atoms with Crippen LogP contribution >= 0.6 is 0 Å². The molecule has 3 nitrogen and oxygen atoms in total. The minimum absolute atomic E-state index is 0.105. The van der Waals surface area contributed by atoms with Crippen LogP contribution in [-0.4, -0.2) is 19.1 Å². The summed E-state index contributed by atoms with van der Waals surface area (Å²) in [5, 5.41) is 0. The number of esters is 1. The number of rotatable bonds is 2. The van der Waals surface area contributed by atoms with Crippen LogP contribution in [-0.2, 0) is 9.53 Å². The maximum atomic E-state index is 10.2. The van der Waals surface area contributed by atoms with Gasteiger partial charge in [0.15, 0.2) is 6.61 Å². The van der Waals surface area contributed by atoms with Crippen LogP contribution in [0.2, 0.25) is 0 Å². The van der Waals surface area contributed by atoms with Crippen LogP contribution in [0.5, 0.6) is 0 Å². The zero-order valence-corrected chi connectivity index (χ0v) is 5.23. The quantitative estimate of drug-likeness (QED) is 0.381. The standard InChI is InChI=1S/C6H8NO2/c1-2-3-4-9-6(8)5-7/h7H,4-5H2,1H3. The van der Waals surface area contributed by atoms with E-state index in [0.29, 0.717) is 0 Å². The van der Waals surface area contributed by atoms with Gasteiger partial charge >= 0.3 is 5.97 Å². The molecule has 0 aliphatic heterocycles. The number of carbonyl (C=O) groups is 1. The van der Waals surface area contributed by atoms with Crippen molar-refractivity contribution in [1.29, 1.82) is 0 Å². The van der Waals surface area contributed by atoms with E-state index in [1.54, 1.807) is 6.92 Å². The molecular formula is C6H8NO2. The molecule has 3 heteroatoms. The Balaban J connectivity index is 3.24. The van der Waals surface area contributed by atoms with Gasteiger partial charge in [-0.3, -0.25) is 4.79 Å². The predicted molar refractivity (Wildman–Crippen MR) is 32.4 cm³/mol. The first kappa shape index (κ1) is 7.99. The fourth-order valence-corrected chi connectivity index (χ4v) is 0.240. The van der Waals surface area contributed by atoms with Crippen LogP contribution in [0.15, 0.2) is 0 Å². The van der Waals surface area contributed by atoms with Crippen molar-refractivity contribution in [2.45, 2.75) is 6.92 Å². The fraction of sp³-hybridized carbons (Fsp3) is 0.500. The number of ether oxygens (including phenoxy) is 1. The molecule has 0 heterocycles. The molecule has 0 fully saturated rings. The van der Waals surface area contributed by atoms with Gasteiger partial charge in [-0.15, -0.1) is 5.92 Å². The Morgan fingerprint density at radius 2 is 2.44 bits per heavy atom. The molecule has 0 aromatic rings. The van der Waals surface area contributed by atoms with Crippen molar-refractivity contribution in [3.8, 4) is 11.8 Å². The van der Waals surface area contributed by atoms with Gasteiger partial charge in [0.1, 0.15) is 6.54 Å². The van der Waals surface area contributed by atoms with E-state index < -0.39 is 5.97 Å². The molecule has 1 N–H and O–H groups in total. The maximum Gasteiger partial charge on any atom is 0.322 e. The topological polar surface area (TPSA) is 50.1 Å². The Labute approximate surface area is 54.2 Å². The lowest BCUT2D eigenvalue weighted by atomic mass is 10.6. The Bertz CT molecular complexity index is 143. The normalized spacial score (nSPS) is 7.33. The van der Waals surface area contributed by atoms with Gasteiger partial charge in [-0.1, -0.05) is 5.92 Å². The lowest BCUT2D eigenvalue weighted by molar-refractivity contribution is -0.140. The maximum absolute atomic E-state index is 10.2. The molecule has 0 aromatic carbocycles. The predicted octanol–water partition coefficient (Wildman–Crippen LogP) is -0.164. The number of hydrogen-bond donors (Lipinski definition) is 0. The van der Waals surface area contributed by atoms with Gasteiger partial charge in [0.05, 0.1) is 0 Å². The number of nitrogens with one attached hydrogen (secondary N) is 1. The van der Waals surface area contributed by atoms with Gasteiger partial charge in [0, 0.05) is 0 Å². The van der Waals surface area contributed by atoms with Crippen LogP contribution < -0.4 is 5.73 Å². The third-order valence-electron chi connectivity index (χ3n) is 0.626. The zero-order valence-electron chi connectivity index (χ0n) is 5.23. The van der Waals surface area contributed by atoms with E-state index in [-0.39, 0.29) is 13.2 Å². The van der Waals surface area contributed by atoms with E-state index in [1.807, 2.05) is 0 Å². The fourth-order valence-electron chi connectivity index (χ4n) is 0.240. The Morgan fingerprint density at radius 1 is 1.78 bits per heavy atom. The summed E-state index contributed by atoms with van der Waals surface area (Å²) in [5.74, 6) is 4.57. The average molecular weight is 126 g/mol. The summed E-state index contributed by atoms with van der Waals surface area (Å²) in [6.07, 6.45) is 0. The molecule has 0 aliphatic carbocycles. The molecule has 0 aliphatic rings. The molecule has 0 saturated carbocycles. The highest BCUT2D eigenvalue weighted by Gasteiger charge is 1.93. The molecule has 49 valence electrons. The lowest BCUT2D eigenvalue weighted by Crippen LogP contribution is -2.09. The molecule has 0 atom stereocenters. The van der Waals surface area contributed by atoms with Gasteiger partial charge in [-0.25, -0.2) is 5.73 Å². The smallest absolute Gasteiger partial charge is 0.322 e. The lowest BCUT2D eigenvalue weighted by Gasteiger charge is -1.93. The van der Waals surface area contributed by atoms with Gasteiger partial charge in [-0.2, -0.15) is 0 Å². The zero-order chi connectivity index (χ0) is 7.11. The Kier molecular flexibility index (Phi) is 4.56. The highest BCUT2D eigenvalue weighted by Crippen LogP contribution is 1.72. The molecule has 0 unspecified atom stereocenters. The summed E-state index contributed by atoms with van der Waals surface area (Å²) in [6.45, 7) is 1.44. The van der Waals surface area contributed by atoms with Crippen molar-refractivity contribution < 1.29 is 9.53 Å². The van der Waals surface area contributed by atoms with Crippen LogP contribution in [0.25, 0.3) is 0 Å². The van der Waals surface area contributed by atoms with Crippen molar-refractivity contribution >= 4 is 5.97 Å². The van der Waals surface area contributed by atoms with Crippen LogP contribution in [0, 0.1) is 11.8 Å². The molecule has 0 saturated heterocycles. The van der Waals surface area contributed by atoms with E-state index in [1.165, 1.54) is 0 Å². The second-order valence-corrected chi connectivity index (χ2v) is 1.26. The first-order chi connectivity index (χ1) is 4.31. The van der Waals surface area contributed by atoms with Gasteiger partial charge in [-0.05, 0) is 6.92 Å². The summed E-state index contributed by atoms with van der Waals surface area (Å²) in [5.41, 5.74) is 6.52. The Morgan fingerprint density at radius 3 is 2.89 bits per heavy atom. The van der Waals surface area contributed by atoms with E-state index in [2.05, 4.69) is 16.6 Å². The van der Waals surface area contributed by atoms with E-state index >= 15 is 0 Å². The largest absolute Gasteiger partial charge is 0.452 e. The third-order valence-corrected chi connectivity index (χ3v) is 0.626. The van der Waals surface area contributed by atoms with Crippen LogP contribution in [0.3, 0.4) is 0 Å². The summed E-state index contributed by atoms with van der Waals surface area (Å²) in [6, 6.07) is 0. The van der Waals surface area contributed by atoms with Crippen molar-refractivity contribution in [2.75, 3.05) is 13.2 Å². The molecule has 0 amide bonds. The monoisotopic (exact) mass is 126 g/mol. The van der Waals surface area contributed by atoms with Gasteiger partial charge in [0.2, 0.25) is 0 Å². The van der Waals surface area contributed by atoms with Crippen molar-refractivity contribution in [3.05, 3.63) is 0 Å². The second-order valence-electron chi connectivity index (χ2n) is 1.26. The number of hydrogen-bond acceptors (Lipinski definition) is 2. The SMILES string of the molecule is CC#CCOC(=O)C[NH]. The highest BCUT2D eigenvalue weighted by atomic mass is 16.5. The van der Waals surface area contributed by atoms with Crippen LogP contribution in [0.4, 0.5) is 0 Å². The minimum Gasteiger partial charge on any atom is -0.452 e. The summed E-state index contributed by atoms with van der Waals surface area (Å²) >= 11 is 0. The first-order valence-electron chi connectivity index (χ1n) is 2.51. The van der Waals surface area contributed by atoms with E-state index in [0.717, 1.165) is 0 Å². The Hall–Kier alpha value is -1.01. The molecule has 9 heavy (non-hydrogen) atoms. The molecule has 0 rings (SSSR count). The molecular weight excluding hydrogens is 118 g/mol. The van der Waals surface area contributed by atoms with E-state index in [9.17, 15) is 4.79 Å². The average Bonchev–Trinajstić information content (AvgIpc) is 1.89. The van der Waals surface area contributed by atoms with E-state index in [4.69, 9.17) is 5.73 Å². The van der Waals surface area contributed by atoms with Crippen molar-refractivity contribution in [3.63, 3.8) is 0 Å². The second kappa shape index (κ2) is 5.13. The van der Waals surface area contributed by atoms with Crippen LogP contribution in [0.1, 0.15) is 6.92 Å². The summed E-state index contributed by atoms with van der Waals surface area (Å²) < 4.78 is 4.43. The van der Waals surface area contributed by atoms with Crippen molar-refractivity contribution in [1.82, 2.24) is 5.73 Å². The molecule has 1 radical (unpaired) electrons. The van der Waals surface area contributed by atoms with Crippen molar-refractivity contribution in [2.24, 2.45) is 0 Å². The van der Waals surface area contributed by atoms with Gasteiger partial charge in [0.25, 0.3) is 0 Å². The summed E-state index contributed by atoms with van der Waals surface area (Å²) in [4.78, 5) is 10.2. The highest BCUT2D eigenvalue weighted by molar-refractivity contribution is 5.71. The van der Waals surface area contributed by atoms with Gasteiger partial charge < -0.3 is 4.74 Å². The molecule has 0 spiro atoms.